The molecule has 0 amide bonds. The van der Waals surface area contributed by atoms with Gasteiger partial charge in [-0.15, -0.1) is 24.0 Å². The molecule has 124 valence electrons. The van der Waals surface area contributed by atoms with E-state index in [1.165, 1.54) is 24.3 Å². The number of nitrogens with one attached hydrogen (secondary N) is 2. The quantitative estimate of drug-likeness (QED) is 0.378. The summed E-state index contributed by atoms with van der Waals surface area (Å²) in [7, 11) is 1.64. The Kier molecular flexibility index (Phi) is 8.46. The number of rotatable bonds is 4. The third-order valence-electron chi connectivity index (χ3n) is 2.95. The van der Waals surface area contributed by atoms with Gasteiger partial charge in [0.1, 0.15) is 11.6 Å². The van der Waals surface area contributed by atoms with Gasteiger partial charge in [-0.05, 0) is 41.5 Å². The summed E-state index contributed by atoms with van der Waals surface area (Å²) in [4.78, 5) is 4.08. The SMILES string of the molecule is CN=C(NCc1cccc(F)c1)NCc1cc(F)cc(Br)c1.I. The van der Waals surface area contributed by atoms with Gasteiger partial charge in [0.05, 0.1) is 0 Å². The van der Waals surface area contributed by atoms with Gasteiger partial charge in [0.15, 0.2) is 5.96 Å². The van der Waals surface area contributed by atoms with E-state index in [1.54, 1.807) is 13.1 Å². The highest BCUT2D eigenvalue weighted by Gasteiger charge is 2.02. The lowest BCUT2D eigenvalue weighted by molar-refractivity contribution is 0.623. The first-order chi connectivity index (χ1) is 10.6. The van der Waals surface area contributed by atoms with Gasteiger partial charge in [0.25, 0.3) is 0 Å². The number of aliphatic imine (C=N–C) groups is 1. The minimum Gasteiger partial charge on any atom is -0.352 e. The topological polar surface area (TPSA) is 36.4 Å². The number of benzene rings is 2. The molecule has 2 aromatic rings. The molecule has 0 unspecified atom stereocenters. The molecule has 0 aliphatic carbocycles. The number of hydrogen-bond acceptors (Lipinski definition) is 1. The van der Waals surface area contributed by atoms with Crippen LogP contribution in [0.15, 0.2) is 51.9 Å². The number of halogens is 4. The van der Waals surface area contributed by atoms with Crippen molar-refractivity contribution in [2.75, 3.05) is 7.05 Å². The van der Waals surface area contributed by atoms with Crippen LogP contribution in [0.2, 0.25) is 0 Å². The number of nitrogens with zero attached hydrogens (tertiary/aromatic N) is 1. The van der Waals surface area contributed by atoms with E-state index in [9.17, 15) is 8.78 Å². The highest BCUT2D eigenvalue weighted by atomic mass is 127. The predicted molar refractivity (Wildman–Crippen MR) is 103 cm³/mol. The van der Waals surface area contributed by atoms with Crippen LogP contribution >= 0.6 is 39.9 Å². The average Bonchev–Trinajstić information content (AvgIpc) is 2.46. The Balaban J connectivity index is 0.00000264. The average molecular weight is 496 g/mol. The molecule has 0 spiro atoms. The van der Waals surface area contributed by atoms with E-state index in [0.717, 1.165) is 11.1 Å². The lowest BCUT2D eigenvalue weighted by Crippen LogP contribution is -2.36. The molecule has 2 N–H and O–H groups in total. The largest absolute Gasteiger partial charge is 0.352 e. The van der Waals surface area contributed by atoms with E-state index in [0.29, 0.717) is 23.5 Å². The van der Waals surface area contributed by atoms with Crippen LogP contribution in [0.5, 0.6) is 0 Å². The van der Waals surface area contributed by atoms with E-state index in [-0.39, 0.29) is 35.6 Å². The second-order valence-corrected chi connectivity index (χ2v) is 5.60. The summed E-state index contributed by atoms with van der Waals surface area (Å²) in [6, 6.07) is 11.0. The summed E-state index contributed by atoms with van der Waals surface area (Å²) < 4.78 is 27.1. The summed E-state index contributed by atoms with van der Waals surface area (Å²) in [6.07, 6.45) is 0. The molecule has 0 heterocycles. The molecule has 2 rings (SSSR count). The van der Waals surface area contributed by atoms with Crippen LogP contribution in [0.3, 0.4) is 0 Å². The molecule has 0 bridgehead atoms. The monoisotopic (exact) mass is 495 g/mol. The highest BCUT2D eigenvalue weighted by molar-refractivity contribution is 14.0. The molecule has 0 radical (unpaired) electrons. The van der Waals surface area contributed by atoms with Crippen molar-refractivity contribution < 1.29 is 8.78 Å². The summed E-state index contributed by atoms with van der Waals surface area (Å²) in [6.45, 7) is 0.878. The molecule has 0 saturated heterocycles. The van der Waals surface area contributed by atoms with E-state index >= 15 is 0 Å². The van der Waals surface area contributed by atoms with E-state index in [4.69, 9.17) is 0 Å². The van der Waals surface area contributed by atoms with Gasteiger partial charge in [-0.2, -0.15) is 0 Å². The van der Waals surface area contributed by atoms with Crippen LogP contribution in [0.1, 0.15) is 11.1 Å². The maximum atomic E-state index is 13.3. The summed E-state index contributed by atoms with van der Waals surface area (Å²) in [5.74, 6) is -0.00890. The van der Waals surface area contributed by atoms with Crippen molar-refractivity contribution >= 4 is 45.9 Å². The fourth-order valence-electron chi connectivity index (χ4n) is 1.95. The molecule has 0 atom stereocenters. The first-order valence-corrected chi connectivity index (χ1v) is 7.50. The lowest BCUT2D eigenvalue weighted by atomic mass is 10.2. The maximum absolute atomic E-state index is 13.3. The Hall–Kier alpha value is -1.22. The second-order valence-electron chi connectivity index (χ2n) is 4.69. The molecule has 7 heteroatoms. The van der Waals surface area contributed by atoms with Crippen molar-refractivity contribution in [3.8, 4) is 0 Å². The smallest absolute Gasteiger partial charge is 0.191 e. The summed E-state index contributed by atoms with van der Waals surface area (Å²) in [5, 5.41) is 6.16. The van der Waals surface area contributed by atoms with Crippen LogP contribution in [0, 0.1) is 11.6 Å². The Bertz CT molecular complexity index is 660. The van der Waals surface area contributed by atoms with Crippen LogP contribution < -0.4 is 10.6 Å². The van der Waals surface area contributed by atoms with Gasteiger partial charge < -0.3 is 10.6 Å². The molecule has 23 heavy (non-hydrogen) atoms. The van der Waals surface area contributed by atoms with Crippen molar-refractivity contribution in [3.05, 3.63) is 69.7 Å². The Morgan fingerprint density at radius 3 is 2.26 bits per heavy atom. The van der Waals surface area contributed by atoms with Gasteiger partial charge in [-0.1, -0.05) is 28.1 Å². The number of hydrogen-bond donors (Lipinski definition) is 2. The molecule has 0 aliphatic heterocycles. The Morgan fingerprint density at radius 1 is 1.00 bits per heavy atom. The zero-order chi connectivity index (χ0) is 15.9. The van der Waals surface area contributed by atoms with E-state index in [2.05, 4.69) is 31.6 Å². The predicted octanol–water partition coefficient (Wildman–Crippen LogP) is 4.21. The van der Waals surface area contributed by atoms with Crippen molar-refractivity contribution in [2.24, 2.45) is 4.99 Å². The van der Waals surface area contributed by atoms with Crippen LogP contribution in [-0.4, -0.2) is 13.0 Å². The van der Waals surface area contributed by atoms with Crippen molar-refractivity contribution in [1.29, 1.82) is 0 Å². The first-order valence-electron chi connectivity index (χ1n) is 6.71. The molecule has 0 aliphatic rings. The third kappa shape index (κ3) is 6.82. The molecule has 0 fully saturated rings. The van der Waals surface area contributed by atoms with Crippen molar-refractivity contribution in [3.63, 3.8) is 0 Å². The lowest BCUT2D eigenvalue weighted by Gasteiger charge is -2.12. The number of guanidine groups is 1. The zero-order valence-corrected chi connectivity index (χ0v) is 16.4. The minimum atomic E-state index is -0.297. The van der Waals surface area contributed by atoms with Crippen LogP contribution in [0.25, 0.3) is 0 Å². The van der Waals surface area contributed by atoms with Gasteiger partial charge in [-0.25, -0.2) is 8.78 Å². The van der Waals surface area contributed by atoms with Gasteiger partial charge >= 0.3 is 0 Å². The van der Waals surface area contributed by atoms with E-state index < -0.39 is 0 Å². The Morgan fingerprint density at radius 2 is 1.65 bits per heavy atom. The standard InChI is InChI=1S/C16H16BrF2N3.HI/c1-20-16(21-9-11-3-2-4-14(18)6-11)22-10-12-5-13(17)8-15(19)7-12;/h2-8H,9-10H2,1H3,(H2,20,21,22);1H. The zero-order valence-electron chi connectivity index (χ0n) is 12.4. The summed E-state index contributed by atoms with van der Waals surface area (Å²) in [5.41, 5.74) is 1.61. The molecular weight excluding hydrogens is 479 g/mol. The second kappa shape index (κ2) is 9.82. The first kappa shape index (κ1) is 19.8. The van der Waals surface area contributed by atoms with Gasteiger partial charge in [0, 0.05) is 24.6 Å². The molecular formula is C16H17BrF2IN3. The molecule has 0 saturated carbocycles. The van der Waals surface area contributed by atoms with Gasteiger partial charge in [0.2, 0.25) is 0 Å². The maximum Gasteiger partial charge on any atom is 0.191 e. The third-order valence-corrected chi connectivity index (χ3v) is 3.41. The van der Waals surface area contributed by atoms with Crippen molar-refractivity contribution in [1.82, 2.24) is 10.6 Å². The van der Waals surface area contributed by atoms with Crippen molar-refractivity contribution in [2.45, 2.75) is 13.1 Å². The summed E-state index contributed by atoms with van der Waals surface area (Å²) >= 11 is 3.26. The van der Waals surface area contributed by atoms with Crippen LogP contribution in [0.4, 0.5) is 8.78 Å². The van der Waals surface area contributed by atoms with Gasteiger partial charge in [-0.3, -0.25) is 4.99 Å². The van der Waals surface area contributed by atoms with Crippen LogP contribution in [-0.2, 0) is 13.1 Å². The normalized spacial score (nSPS) is 10.9. The Labute approximate surface area is 159 Å². The highest BCUT2D eigenvalue weighted by Crippen LogP contribution is 2.14. The minimum absolute atomic E-state index is 0. The fourth-order valence-corrected chi connectivity index (χ4v) is 2.46. The fraction of sp³-hybridized carbons (Fsp3) is 0.188. The molecule has 3 nitrogen and oxygen atoms in total. The van der Waals surface area contributed by atoms with E-state index in [1.807, 2.05) is 12.1 Å². The molecule has 2 aromatic carbocycles. The molecule has 0 aromatic heterocycles.